The first-order valence-electron chi connectivity index (χ1n) is 10.3. The number of methoxy groups -OCH3 is 2. The highest BCUT2D eigenvalue weighted by Gasteiger charge is 2.42. The smallest absolute Gasteiger partial charge is 0.337 e. The third kappa shape index (κ3) is 4.57. The van der Waals surface area contributed by atoms with E-state index in [1.54, 1.807) is 25.3 Å². The maximum Gasteiger partial charge on any atom is 0.337 e. The van der Waals surface area contributed by atoms with Crippen molar-refractivity contribution in [3.05, 3.63) is 53.7 Å². The highest BCUT2D eigenvalue weighted by Crippen LogP contribution is 2.38. The molecule has 7 heteroatoms. The van der Waals surface area contributed by atoms with Gasteiger partial charge >= 0.3 is 5.97 Å². The molecular weight excluding hydrogens is 384 g/mol. The third-order valence-electron chi connectivity index (χ3n) is 6.12. The number of aromatic nitrogens is 1. The summed E-state index contributed by atoms with van der Waals surface area (Å²) in [7, 11) is 2.97. The predicted molar refractivity (Wildman–Crippen MR) is 110 cm³/mol. The molecule has 0 amide bonds. The second-order valence-electron chi connectivity index (χ2n) is 8.14. The lowest BCUT2D eigenvalue weighted by Gasteiger charge is -2.35. The minimum atomic E-state index is -0.518. The van der Waals surface area contributed by atoms with Crippen LogP contribution in [-0.4, -0.2) is 60.5 Å². The highest BCUT2D eigenvalue weighted by molar-refractivity contribution is 5.89. The molecule has 1 saturated heterocycles. The Morgan fingerprint density at radius 3 is 2.67 bits per heavy atom. The molecule has 2 heterocycles. The van der Waals surface area contributed by atoms with Crippen LogP contribution >= 0.6 is 0 Å². The van der Waals surface area contributed by atoms with E-state index in [0.29, 0.717) is 29.0 Å². The number of hydrogen-bond donors (Lipinski definition) is 1. The maximum absolute atomic E-state index is 11.7. The summed E-state index contributed by atoms with van der Waals surface area (Å²) < 4.78 is 16.0. The van der Waals surface area contributed by atoms with Gasteiger partial charge in [0.05, 0.1) is 25.9 Å². The number of ether oxygens (including phenoxy) is 3. The van der Waals surface area contributed by atoms with E-state index in [1.807, 2.05) is 24.4 Å². The van der Waals surface area contributed by atoms with Gasteiger partial charge in [-0.2, -0.15) is 0 Å². The molecule has 1 aromatic heterocycles. The number of carbonyl (C=O) groups is 1. The van der Waals surface area contributed by atoms with Crippen molar-refractivity contribution >= 4 is 5.97 Å². The zero-order valence-corrected chi connectivity index (χ0v) is 17.4. The number of hydrogen-bond acceptors (Lipinski definition) is 7. The molecule has 160 valence electrons. The SMILES string of the molecule is COC(=O)c1cccc(O[C@@H]2C[C@@H]3CN(Cc4ccc(OC)nc4)C[C@@H]3C[C@H]2O)c1. The summed E-state index contributed by atoms with van der Waals surface area (Å²) in [6.45, 7) is 2.79. The van der Waals surface area contributed by atoms with Crippen molar-refractivity contribution in [3.8, 4) is 11.6 Å². The Morgan fingerprint density at radius 1 is 1.17 bits per heavy atom. The van der Waals surface area contributed by atoms with Crippen molar-refractivity contribution in [2.45, 2.75) is 31.6 Å². The molecule has 1 saturated carbocycles. The fraction of sp³-hybridized carbons (Fsp3) is 0.478. The fourth-order valence-corrected chi connectivity index (χ4v) is 4.62. The van der Waals surface area contributed by atoms with Gasteiger partial charge in [0.2, 0.25) is 5.88 Å². The second-order valence-corrected chi connectivity index (χ2v) is 8.14. The van der Waals surface area contributed by atoms with E-state index >= 15 is 0 Å². The van der Waals surface area contributed by atoms with Crippen LogP contribution in [0, 0.1) is 11.8 Å². The van der Waals surface area contributed by atoms with Crippen molar-refractivity contribution in [1.29, 1.82) is 0 Å². The van der Waals surface area contributed by atoms with Crippen molar-refractivity contribution < 1.29 is 24.1 Å². The number of carbonyl (C=O) groups excluding carboxylic acids is 1. The minimum absolute atomic E-state index is 0.276. The number of aliphatic hydroxyl groups excluding tert-OH is 1. The topological polar surface area (TPSA) is 81.1 Å². The summed E-state index contributed by atoms with van der Waals surface area (Å²) in [6, 6.07) is 10.9. The Morgan fingerprint density at radius 2 is 1.97 bits per heavy atom. The zero-order chi connectivity index (χ0) is 21.1. The molecule has 2 aliphatic rings. The molecule has 4 atom stereocenters. The number of fused-ring (bicyclic) bond motifs is 1. The van der Waals surface area contributed by atoms with Gasteiger partial charge in [0.25, 0.3) is 0 Å². The van der Waals surface area contributed by atoms with Crippen molar-refractivity contribution in [2.75, 3.05) is 27.3 Å². The molecule has 0 radical (unpaired) electrons. The van der Waals surface area contributed by atoms with Crippen LogP contribution in [-0.2, 0) is 11.3 Å². The van der Waals surface area contributed by atoms with Gasteiger partial charge in [0, 0.05) is 31.9 Å². The average Bonchev–Trinajstić information content (AvgIpc) is 3.15. The van der Waals surface area contributed by atoms with Gasteiger partial charge < -0.3 is 19.3 Å². The van der Waals surface area contributed by atoms with Crippen LogP contribution in [0.4, 0.5) is 0 Å². The minimum Gasteiger partial charge on any atom is -0.488 e. The molecule has 0 unspecified atom stereocenters. The van der Waals surface area contributed by atoms with Crippen molar-refractivity contribution in [3.63, 3.8) is 0 Å². The Hall–Kier alpha value is -2.64. The van der Waals surface area contributed by atoms with Crippen LogP contribution in [0.2, 0.25) is 0 Å². The number of rotatable bonds is 6. The lowest BCUT2D eigenvalue weighted by atomic mass is 9.78. The number of esters is 1. The van der Waals surface area contributed by atoms with E-state index in [-0.39, 0.29) is 6.10 Å². The monoisotopic (exact) mass is 412 g/mol. The van der Waals surface area contributed by atoms with Crippen molar-refractivity contribution in [2.24, 2.45) is 11.8 Å². The third-order valence-corrected chi connectivity index (χ3v) is 6.12. The lowest BCUT2D eigenvalue weighted by molar-refractivity contribution is -0.0231. The summed E-state index contributed by atoms with van der Waals surface area (Å²) >= 11 is 0. The van der Waals surface area contributed by atoms with Gasteiger partial charge in [-0.25, -0.2) is 9.78 Å². The summed E-state index contributed by atoms with van der Waals surface area (Å²) in [6.07, 6.45) is 2.59. The van der Waals surface area contributed by atoms with Crippen LogP contribution in [0.1, 0.15) is 28.8 Å². The molecule has 30 heavy (non-hydrogen) atoms. The summed E-state index contributed by atoms with van der Waals surface area (Å²) in [5.74, 6) is 1.75. The first kappa shape index (κ1) is 20.6. The van der Waals surface area contributed by atoms with E-state index in [9.17, 15) is 9.90 Å². The van der Waals surface area contributed by atoms with Gasteiger partial charge in [-0.15, -0.1) is 0 Å². The molecule has 7 nitrogen and oxygen atoms in total. The van der Waals surface area contributed by atoms with Gasteiger partial charge in [0.1, 0.15) is 11.9 Å². The zero-order valence-electron chi connectivity index (χ0n) is 17.4. The molecule has 2 aromatic rings. The van der Waals surface area contributed by atoms with E-state index in [4.69, 9.17) is 14.2 Å². The molecule has 4 rings (SSSR count). The Kier molecular flexibility index (Phi) is 6.20. The van der Waals surface area contributed by atoms with Crippen LogP contribution in [0.25, 0.3) is 0 Å². The molecule has 2 fully saturated rings. The van der Waals surface area contributed by atoms with Gasteiger partial charge in [-0.05, 0) is 48.4 Å². The second kappa shape index (κ2) is 9.02. The van der Waals surface area contributed by atoms with E-state index in [0.717, 1.165) is 38.0 Å². The number of benzene rings is 1. The molecular formula is C23H28N2O5. The molecule has 1 aliphatic carbocycles. The van der Waals surface area contributed by atoms with E-state index < -0.39 is 12.1 Å². The molecule has 0 spiro atoms. The Balaban J connectivity index is 1.36. The number of nitrogens with zero attached hydrogens (tertiary/aromatic N) is 2. The normalized spacial score (nSPS) is 26.1. The van der Waals surface area contributed by atoms with Gasteiger partial charge in [0.15, 0.2) is 0 Å². The van der Waals surface area contributed by atoms with Gasteiger partial charge in [-0.3, -0.25) is 4.90 Å². The quantitative estimate of drug-likeness (QED) is 0.730. The first-order chi connectivity index (χ1) is 14.6. The highest BCUT2D eigenvalue weighted by atomic mass is 16.5. The number of aliphatic hydroxyl groups is 1. The molecule has 1 N–H and O–H groups in total. The van der Waals surface area contributed by atoms with Crippen LogP contribution in [0.15, 0.2) is 42.6 Å². The van der Waals surface area contributed by atoms with E-state index in [2.05, 4.69) is 9.88 Å². The summed E-state index contributed by atoms with van der Waals surface area (Å²) in [5, 5.41) is 10.7. The van der Waals surface area contributed by atoms with Crippen LogP contribution in [0.5, 0.6) is 11.6 Å². The lowest BCUT2D eigenvalue weighted by Crippen LogP contribution is -2.42. The summed E-state index contributed by atoms with van der Waals surface area (Å²) in [4.78, 5) is 18.5. The first-order valence-corrected chi connectivity index (χ1v) is 10.3. The number of likely N-dealkylation sites (tertiary alicyclic amines) is 1. The van der Waals surface area contributed by atoms with Crippen LogP contribution in [0.3, 0.4) is 0 Å². The van der Waals surface area contributed by atoms with E-state index in [1.165, 1.54) is 7.11 Å². The molecule has 0 bridgehead atoms. The standard InChI is InChI=1S/C23H28N2O5/c1-28-22-7-6-15(11-24-22)12-25-13-17-9-20(26)21(10-18(17)14-25)30-19-5-3-4-16(8-19)23(27)29-2/h3-8,11,17-18,20-21,26H,9-10,12-14H2,1-2H3/t17-,18+,20+,21+/m0/s1. The van der Waals surface area contributed by atoms with Crippen LogP contribution < -0.4 is 9.47 Å². The molecule has 1 aliphatic heterocycles. The molecule has 1 aromatic carbocycles. The predicted octanol–water partition coefficient (Wildman–Crippen LogP) is 2.53. The largest absolute Gasteiger partial charge is 0.488 e. The fourth-order valence-electron chi connectivity index (χ4n) is 4.62. The van der Waals surface area contributed by atoms with Crippen molar-refractivity contribution in [1.82, 2.24) is 9.88 Å². The average molecular weight is 412 g/mol. The maximum atomic E-state index is 11.7. The summed E-state index contributed by atoms with van der Waals surface area (Å²) in [5.41, 5.74) is 1.60. The number of pyridine rings is 1. The van der Waals surface area contributed by atoms with Gasteiger partial charge in [-0.1, -0.05) is 12.1 Å². The Bertz CT molecular complexity index is 872. The Labute approximate surface area is 176 Å².